The first-order valence-corrected chi connectivity index (χ1v) is 8.27. The second-order valence-electron chi connectivity index (χ2n) is 5.80. The Kier molecular flexibility index (Phi) is 5.38. The highest BCUT2D eigenvalue weighted by Crippen LogP contribution is 2.19. The lowest BCUT2D eigenvalue weighted by atomic mass is 10.2. The fourth-order valence-corrected chi connectivity index (χ4v) is 2.76. The number of piperazine rings is 1. The Labute approximate surface area is 142 Å². The van der Waals surface area contributed by atoms with Crippen molar-refractivity contribution < 1.29 is 9.53 Å². The van der Waals surface area contributed by atoms with E-state index >= 15 is 0 Å². The van der Waals surface area contributed by atoms with E-state index in [1.807, 2.05) is 24.0 Å². The molecule has 1 amide bonds. The van der Waals surface area contributed by atoms with Gasteiger partial charge in [-0.05, 0) is 17.7 Å². The summed E-state index contributed by atoms with van der Waals surface area (Å²) in [5.41, 5.74) is 1.23. The molecule has 1 aliphatic heterocycles. The number of amides is 1. The van der Waals surface area contributed by atoms with E-state index in [0.717, 1.165) is 38.5 Å². The largest absolute Gasteiger partial charge is 0.438 e. The first-order valence-electron chi connectivity index (χ1n) is 8.27. The molecule has 0 N–H and O–H groups in total. The van der Waals surface area contributed by atoms with Crippen LogP contribution in [0.2, 0.25) is 0 Å². The van der Waals surface area contributed by atoms with Gasteiger partial charge in [0.05, 0.1) is 6.20 Å². The van der Waals surface area contributed by atoms with Crippen molar-refractivity contribution in [1.29, 1.82) is 0 Å². The molecule has 126 valence electrons. The molecule has 0 unspecified atom stereocenters. The highest BCUT2D eigenvalue weighted by Gasteiger charge is 2.19. The molecule has 0 radical (unpaired) electrons. The van der Waals surface area contributed by atoms with Crippen LogP contribution in [0.5, 0.6) is 11.6 Å². The van der Waals surface area contributed by atoms with Gasteiger partial charge in [0.15, 0.2) is 0 Å². The molecular weight excluding hydrogens is 304 g/mol. The third-order valence-corrected chi connectivity index (χ3v) is 4.12. The lowest BCUT2D eigenvalue weighted by molar-refractivity contribution is -0.132. The van der Waals surface area contributed by atoms with Gasteiger partial charge >= 0.3 is 0 Å². The van der Waals surface area contributed by atoms with Crippen LogP contribution >= 0.6 is 0 Å². The van der Waals surface area contributed by atoms with Gasteiger partial charge < -0.3 is 9.64 Å². The van der Waals surface area contributed by atoms with Gasteiger partial charge in [-0.3, -0.25) is 14.7 Å². The fourth-order valence-electron chi connectivity index (χ4n) is 2.76. The van der Waals surface area contributed by atoms with Gasteiger partial charge in [-0.2, -0.15) is 0 Å². The van der Waals surface area contributed by atoms with E-state index in [-0.39, 0.29) is 5.91 Å². The standard InChI is InChI=1S/C18H22N4O2/c1-2-18(23)22-11-9-21(10-12-22)14-15-3-5-16(6-4-15)24-17-13-19-7-8-20-17/h3-8,13H,2,9-12,14H2,1H3. The molecule has 0 bridgehead atoms. The lowest BCUT2D eigenvalue weighted by Crippen LogP contribution is -2.48. The number of rotatable bonds is 5. The number of carbonyl (C=O) groups excluding carboxylic acids is 1. The molecule has 1 fully saturated rings. The van der Waals surface area contributed by atoms with Crippen molar-refractivity contribution in [3.05, 3.63) is 48.4 Å². The minimum atomic E-state index is 0.250. The van der Waals surface area contributed by atoms with Crippen LogP contribution in [0.25, 0.3) is 0 Å². The van der Waals surface area contributed by atoms with E-state index in [4.69, 9.17) is 4.74 Å². The normalized spacial score (nSPS) is 15.3. The number of benzene rings is 1. The van der Waals surface area contributed by atoms with Crippen molar-refractivity contribution in [2.75, 3.05) is 26.2 Å². The summed E-state index contributed by atoms with van der Waals surface area (Å²) in [6.45, 7) is 6.28. The van der Waals surface area contributed by atoms with E-state index in [1.54, 1.807) is 18.6 Å². The zero-order valence-electron chi connectivity index (χ0n) is 13.9. The fraction of sp³-hybridized carbons (Fsp3) is 0.389. The van der Waals surface area contributed by atoms with Gasteiger partial charge in [0, 0.05) is 51.5 Å². The molecule has 3 rings (SSSR count). The Morgan fingerprint density at radius 3 is 2.50 bits per heavy atom. The zero-order valence-corrected chi connectivity index (χ0v) is 13.9. The van der Waals surface area contributed by atoms with Crippen LogP contribution in [0.1, 0.15) is 18.9 Å². The molecule has 0 aliphatic carbocycles. The smallest absolute Gasteiger partial charge is 0.237 e. The van der Waals surface area contributed by atoms with Crippen LogP contribution in [0.15, 0.2) is 42.9 Å². The Morgan fingerprint density at radius 2 is 1.88 bits per heavy atom. The summed E-state index contributed by atoms with van der Waals surface area (Å²) < 4.78 is 5.64. The molecule has 1 aromatic carbocycles. The molecule has 0 atom stereocenters. The quantitative estimate of drug-likeness (QED) is 0.844. The number of carbonyl (C=O) groups is 1. The third-order valence-electron chi connectivity index (χ3n) is 4.12. The van der Waals surface area contributed by atoms with Crippen molar-refractivity contribution in [2.45, 2.75) is 19.9 Å². The number of aromatic nitrogens is 2. The van der Waals surface area contributed by atoms with Crippen LogP contribution in [-0.4, -0.2) is 51.9 Å². The molecular formula is C18H22N4O2. The molecule has 24 heavy (non-hydrogen) atoms. The number of nitrogens with zero attached hydrogens (tertiary/aromatic N) is 4. The van der Waals surface area contributed by atoms with Crippen molar-refractivity contribution in [3.8, 4) is 11.6 Å². The molecule has 1 aliphatic rings. The second-order valence-corrected chi connectivity index (χ2v) is 5.80. The molecule has 1 saturated heterocycles. The Morgan fingerprint density at radius 1 is 1.12 bits per heavy atom. The summed E-state index contributed by atoms with van der Waals surface area (Å²) in [6.07, 6.45) is 5.40. The Hall–Kier alpha value is -2.47. The van der Waals surface area contributed by atoms with Crippen LogP contribution in [0.3, 0.4) is 0 Å². The van der Waals surface area contributed by atoms with E-state index in [2.05, 4.69) is 27.0 Å². The van der Waals surface area contributed by atoms with Crippen molar-refractivity contribution in [2.24, 2.45) is 0 Å². The van der Waals surface area contributed by atoms with E-state index in [1.165, 1.54) is 5.56 Å². The predicted octanol–water partition coefficient (Wildman–Crippen LogP) is 2.32. The van der Waals surface area contributed by atoms with E-state index < -0.39 is 0 Å². The van der Waals surface area contributed by atoms with Crippen LogP contribution in [0.4, 0.5) is 0 Å². The second kappa shape index (κ2) is 7.88. The minimum Gasteiger partial charge on any atom is -0.438 e. The molecule has 2 heterocycles. The third kappa shape index (κ3) is 4.29. The monoisotopic (exact) mass is 326 g/mol. The number of hydrogen-bond acceptors (Lipinski definition) is 5. The van der Waals surface area contributed by atoms with Gasteiger partial charge in [-0.1, -0.05) is 19.1 Å². The summed E-state index contributed by atoms with van der Waals surface area (Å²) in [5, 5.41) is 0. The molecule has 0 spiro atoms. The first kappa shape index (κ1) is 16.4. The van der Waals surface area contributed by atoms with Crippen LogP contribution < -0.4 is 4.74 Å². The van der Waals surface area contributed by atoms with Gasteiger partial charge in [0.1, 0.15) is 5.75 Å². The van der Waals surface area contributed by atoms with Crippen molar-refractivity contribution in [1.82, 2.24) is 19.8 Å². The van der Waals surface area contributed by atoms with Crippen molar-refractivity contribution >= 4 is 5.91 Å². The topological polar surface area (TPSA) is 58.6 Å². The average Bonchev–Trinajstić information content (AvgIpc) is 2.64. The Bertz CT molecular complexity index is 652. The van der Waals surface area contributed by atoms with Gasteiger partial charge in [0.2, 0.25) is 11.8 Å². The molecule has 0 saturated carbocycles. The van der Waals surface area contributed by atoms with E-state index in [0.29, 0.717) is 12.3 Å². The first-order chi connectivity index (χ1) is 11.7. The van der Waals surface area contributed by atoms with E-state index in [9.17, 15) is 4.79 Å². The molecule has 1 aromatic heterocycles. The number of ether oxygens (including phenoxy) is 1. The zero-order chi connectivity index (χ0) is 16.8. The molecule has 6 nitrogen and oxygen atoms in total. The maximum absolute atomic E-state index is 11.7. The summed E-state index contributed by atoms with van der Waals surface area (Å²) in [7, 11) is 0. The summed E-state index contributed by atoms with van der Waals surface area (Å²) >= 11 is 0. The summed E-state index contributed by atoms with van der Waals surface area (Å²) in [6, 6.07) is 8.02. The average molecular weight is 326 g/mol. The van der Waals surface area contributed by atoms with Crippen molar-refractivity contribution in [3.63, 3.8) is 0 Å². The maximum atomic E-state index is 11.7. The van der Waals surface area contributed by atoms with Gasteiger partial charge in [-0.15, -0.1) is 0 Å². The highest BCUT2D eigenvalue weighted by molar-refractivity contribution is 5.75. The summed E-state index contributed by atoms with van der Waals surface area (Å²) in [4.78, 5) is 24.1. The van der Waals surface area contributed by atoms with Crippen LogP contribution in [0, 0.1) is 0 Å². The maximum Gasteiger partial charge on any atom is 0.237 e. The molecule has 2 aromatic rings. The minimum absolute atomic E-state index is 0.250. The SMILES string of the molecule is CCC(=O)N1CCN(Cc2ccc(Oc3cnccn3)cc2)CC1. The molecule has 6 heteroatoms. The van der Waals surface area contributed by atoms with Gasteiger partial charge in [-0.25, -0.2) is 4.98 Å². The lowest BCUT2D eigenvalue weighted by Gasteiger charge is -2.34. The number of hydrogen-bond donors (Lipinski definition) is 0. The Balaban J connectivity index is 1.51. The highest BCUT2D eigenvalue weighted by atomic mass is 16.5. The predicted molar refractivity (Wildman–Crippen MR) is 90.7 cm³/mol. The van der Waals surface area contributed by atoms with Crippen LogP contribution in [-0.2, 0) is 11.3 Å². The van der Waals surface area contributed by atoms with Gasteiger partial charge in [0.25, 0.3) is 0 Å². The summed E-state index contributed by atoms with van der Waals surface area (Å²) in [5.74, 6) is 1.49.